The highest BCUT2D eigenvalue weighted by Crippen LogP contribution is 2.50. The van der Waals surface area contributed by atoms with Crippen LogP contribution in [0.5, 0.6) is 0 Å². The summed E-state index contributed by atoms with van der Waals surface area (Å²) in [6.07, 6.45) is 7.46. The summed E-state index contributed by atoms with van der Waals surface area (Å²) in [7, 11) is 0. The maximum absolute atomic E-state index is 13.3. The topological polar surface area (TPSA) is 12.0 Å². The number of hydrogen-bond donors (Lipinski definition) is 1. The SMILES string of the molecule is CCNC(Cc1cc(F)cc(F)c1)CC1CC2CCC1C2. The smallest absolute Gasteiger partial charge is 0.126 e. The van der Waals surface area contributed by atoms with Gasteiger partial charge in [-0.25, -0.2) is 8.78 Å². The van der Waals surface area contributed by atoms with Crippen LogP contribution in [0.15, 0.2) is 18.2 Å². The van der Waals surface area contributed by atoms with Gasteiger partial charge in [-0.2, -0.15) is 0 Å². The van der Waals surface area contributed by atoms with Crippen molar-refractivity contribution in [1.82, 2.24) is 5.32 Å². The molecule has 116 valence electrons. The third-order valence-corrected chi connectivity index (χ3v) is 5.37. The Balaban J connectivity index is 1.63. The fraction of sp³-hybridized carbons (Fsp3) is 0.667. The van der Waals surface area contributed by atoms with E-state index in [2.05, 4.69) is 12.2 Å². The molecule has 3 rings (SSSR count). The summed E-state index contributed by atoms with van der Waals surface area (Å²) < 4.78 is 26.7. The molecular formula is C18H25F2N. The molecule has 0 radical (unpaired) electrons. The van der Waals surface area contributed by atoms with Gasteiger partial charge >= 0.3 is 0 Å². The summed E-state index contributed by atoms with van der Waals surface area (Å²) in [5.41, 5.74) is 0.765. The summed E-state index contributed by atoms with van der Waals surface area (Å²) in [4.78, 5) is 0. The summed E-state index contributed by atoms with van der Waals surface area (Å²) in [6, 6.07) is 4.21. The van der Waals surface area contributed by atoms with Crippen LogP contribution in [0.3, 0.4) is 0 Å². The molecule has 21 heavy (non-hydrogen) atoms. The Kier molecular flexibility index (Phi) is 4.58. The molecule has 1 N–H and O–H groups in total. The number of rotatable bonds is 6. The second-order valence-corrected chi connectivity index (χ2v) is 6.91. The highest BCUT2D eigenvalue weighted by Gasteiger charge is 2.39. The van der Waals surface area contributed by atoms with Gasteiger partial charge in [0.1, 0.15) is 11.6 Å². The van der Waals surface area contributed by atoms with Crippen molar-refractivity contribution in [3.05, 3.63) is 35.4 Å². The first kappa shape index (κ1) is 15.0. The lowest BCUT2D eigenvalue weighted by Gasteiger charge is -2.27. The molecule has 1 aromatic carbocycles. The van der Waals surface area contributed by atoms with Gasteiger partial charge in [0, 0.05) is 12.1 Å². The van der Waals surface area contributed by atoms with E-state index in [0.717, 1.165) is 48.8 Å². The monoisotopic (exact) mass is 293 g/mol. The molecule has 2 fully saturated rings. The van der Waals surface area contributed by atoms with Gasteiger partial charge in [-0.15, -0.1) is 0 Å². The molecule has 3 heteroatoms. The largest absolute Gasteiger partial charge is 0.314 e. The number of benzene rings is 1. The molecular weight excluding hydrogens is 268 g/mol. The Morgan fingerprint density at radius 1 is 1.14 bits per heavy atom. The van der Waals surface area contributed by atoms with Crippen LogP contribution in [0.4, 0.5) is 8.78 Å². The number of hydrogen-bond acceptors (Lipinski definition) is 1. The molecule has 0 aromatic heterocycles. The van der Waals surface area contributed by atoms with E-state index in [0.29, 0.717) is 6.04 Å². The van der Waals surface area contributed by atoms with Crippen LogP contribution >= 0.6 is 0 Å². The molecule has 2 aliphatic rings. The number of fused-ring (bicyclic) bond motifs is 2. The quantitative estimate of drug-likeness (QED) is 0.824. The standard InChI is InChI=1S/C18H25F2N/c1-2-21-18(9-13-7-16(19)11-17(20)8-13)10-15-6-12-3-4-14(15)5-12/h7-8,11-12,14-15,18,21H,2-6,9-10H2,1H3. The molecule has 4 atom stereocenters. The lowest BCUT2D eigenvalue weighted by atomic mass is 9.83. The lowest BCUT2D eigenvalue weighted by Crippen LogP contribution is -2.34. The van der Waals surface area contributed by atoms with Crippen molar-refractivity contribution in [2.75, 3.05) is 6.54 Å². The van der Waals surface area contributed by atoms with Crippen molar-refractivity contribution in [2.45, 2.75) is 51.5 Å². The van der Waals surface area contributed by atoms with Crippen molar-refractivity contribution in [3.63, 3.8) is 0 Å². The average molecular weight is 293 g/mol. The molecule has 0 saturated heterocycles. The van der Waals surface area contributed by atoms with Crippen LogP contribution in [-0.4, -0.2) is 12.6 Å². The fourth-order valence-corrected chi connectivity index (χ4v) is 4.57. The van der Waals surface area contributed by atoms with Gasteiger partial charge in [0.15, 0.2) is 0 Å². The van der Waals surface area contributed by atoms with E-state index in [4.69, 9.17) is 0 Å². The Labute approximate surface area is 126 Å². The predicted molar refractivity (Wildman–Crippen MR) is 81.1 cm³/mol. The first-order chi connectivity index (χ1) is 10.1. The minimum atomic E-state index is -0.472. The van der Waals surface area contributed by atoms with Crippen LogP contribution in [-0.2, 0) is 6.42 Å². The Morgan fingerprint density at radius 2 is 1.90 bits per heavy atom. The predicted octanol–water partition coefficient (Wildman–Crippen LogP) is 4.31. The van der Waals surface area contributed by atoms with Crippen molar-refractivity contribution in [1.29, 1.82) is 0 Å². The number of likely N-dealkylation sites (N-methyl/N-ethyl adjacent to an activating group) is 1. The van der Waals surface area contributed by atoms with E-state index in [1.165, 1.54) is 37.8 Å². The highest BCUT2D eigenvalue weighted by atomic mass is 19.1. The van der Waals surface area contributed by atoms with E-state index in [1.807, 2.05) is 0 Å². The van der Waals surface area contributed by atoms with E-state index < -0.39 is 11.6 Å². The van der Waals surface area contributed by atoms with Gasteiger partial charge in [-0.1, -0.05) is 13.3 Å². The zero-order chi connectivity index (χ0) is 14.8. The molecule has 2 saturated carbocycles. The van der Waals surface area contributed by atoms with Crippen LogP contribution in [0.2, 0.25) is 0 Å². The normalized spacial score (nSPS) is 29.0. The zero-order valence-corrected chi connectivity index (χ0v) is 12.7. The second-order valence-electron chi connectivity index (χ2n) is 6.91. The first-order valence-electron chi connectivity index (χ1n) is 8.32. The minimum absolute atomic E-state index is 0.334. The van der Waals surface area contributed by atoms with Crippen molar-refractivity contribution < 1.29 is 8.78 Å². The van der Waals surface area contributed by atoms with Crippen LogP contribution in [0, 0.1) is 29.4 Å². The Morgan fingerprint density at radius 3 is 2.48 bits per heavy atom. The van der Waals surface area contributed by atoms with Gasteiger partial charge in [-0.3, -0.25) is 0 Å². The maximum atomic E-state index is 13.3. The first-order valence-corrected chi connectivity index (χ1v) is 8.32. The van der Waals surface area contributed by atoms with Crippen molar-refractivity contribution >= 4 is 0 Å². The molecule has 1 aromatic rings. The van der Waals surface area contributed by atoms with Crippen LogP contribution in [0.1, 0.15) is 44.6 Å². The molecule has 0 aliphatic heterocycles. The third-order valence-electron chi connectivity index (χ3n) is 5.37. The summed E-state index contributed by atoms with van der Waals surface area (Å²) in [6.45, 7) is 3.00. The molecule has 0 heterocycles. The van der Waals surface area contributed by atoms with E-state index in [1.54, 1.807) is 0 Å². The lowest BCUT2D eigenvalue weighted by molar-refractivity contribution is 0.278. The average Bonchev–Trinajstić information content (AvgIpc) is 3.00. The molecule has 0 amide bonds. The van der Waals surface area contributed by atoms with Gasteiger partial charge in [0.25, 0.3) is 0 Å². The Bertz CT molecular complexity index is 468. The molecule has 4 unspecified atom stereocenters. The number of halogens is 2. The highest BCUT2D eigenvalue weighted by molar-refractivity contribution is 5.19. The van der Waals surface area contributed by atoms with E-state index in [9.17, 15) is 8.78 Å². The molecule has 0 spiro atoms. The fourth-order valence-electron chi connectivity index (χ4n) is 4.57. The molecule has 2 bridgehead atoms. The van der Waals surface area contributed by atoms with Crippen LogP contribution < -0.4 is 5.32 Å². The van der Waals surface area contributed by atoms with Gasteiger partial charge in [-0.05, 0) is 74.1 Å². The molecule has 2 aliphatic carbocycles. The van der Waals surface area contributed by atoms with Gasteiger partial charge in [0.05, 0.1) is 0 Å². The van der Waals surface area contributed by atoms with Crippen molar-refractivity contribution in [2.24, 2.45) is 17.8 Å². The van der Waals surface area contributed by atoms with Gasteiger partial charge in [0.2, 0.25) is 0 Å². The van der Waals surface area contributed by atoms with Crippen LogP contribution in [0.25, 0.3) is 0 Å². The Hall–Kier alpha value is -0.960. The van der Waals surface area contributed by atoms with Crippen molar-refractivity contribution in [3.8, 4) is 0 Å². The minimum Gasteiger partial charge on any atom is -0.314 e. The molecule has 1 nitrogen and oxygen atoms in total. The summed E-state index contributed by atoms with van der Waals surface area (Å²) in [5.74, 6) is 1.72. The maximum Gasteiger partial charge on any atom is 0.126 e. The second kappa shape index (κ2) is 6.43. The van der Waals surface area contributed by atoms with E-state index >= 15 is 0 Å². The third kappa shape index (κ3) is 3.63. The zero-order valence-electron chi connectivity index (χ0n) is 12.7. The summed E-state index contributed by atoms with van der Waals surface area (Å²) in [5, 5.41) is 3.51. The van der Waals surface area contributed by atoms with Gasteiger partial charge < -0.3 is 5.32 Å². The van der Waals surface area contributed by atoms with E-state index in [-0.39, 0.29) is 0 Å². The number of nitrogens with one attached hydrogen (secondary N) is 1. The summed E-state index contributed by atoms with van der Waals surface area (Å²) >= 11 is 0.